The SMILES string of the molecule is CN(CC(=O)Nc1cc(F)cc(F)c1)CC1(C)CCNC1.Cl. The number of amides is 1. The van der Waals surface area contributed by atoms with E-state index in [1.807, 2.05) is 11.9 Å². The zero-order valence-corrected chi connectivity index (χ0v) is 13.6. The van der Waals surface area contributed by atoms with Crippen LogP contribution in [0.1, 0.15) is 13.3 Å². The minimum absolute atomic E-state index is 0. The Hall–Kier alpha value is -1.24. The molecule has 1 atom stereocenters. The van der Waals surface area contributed by atoms with Crippen molar-refractivity contribution >= 4 is 24.0 Å². The molecule has 22 heavy (non-hydrogen) atoms. The second-order valence-corrected chi connectivity index (χ2v) is 6.12. The molecule has 0 aliphatic carbocycles. The lowest BCUT2D eigenvalue weighted by Crippen LogP contribution is -2.39. The van der Waals surface area contributed by atoms with E-state index in [-0.39, 0.29) is 36.0 Å². The summed E-state index contributed by atoms with van der Waals surface area (Å²) in [5.74, 6) is -1.69. The summed E-state index contributed by atoms with van der Waals surface area (Å²) in [6.07, 6.45) is 1.08. The Morgan fingerprint density at radius 2 is 2.00 bits per heavy atom. The summed E-state index contributed by atoms with van der Waals surface area (Å²) in [5, 5.41) is 5.83. The first-order chi connectivity index (χ1) is 9.86. The van der Waals surface area contributed by atoms with Crippen molar-refractivity contribution in [1.82, 2.24) is 10.2 Å². The molecule has 1 unspecified atom stereocenters. The first-order valence-electron chi connectivity index (χ1n) is 7.02. The van der Waals surface area contributed by atoms with Crippen LogP contribution in [0, 0.1) is 17.0 Å². The van der Waals surface area contributed by atoms with E-state index in [1.165, 1.54) is 0 Å². The van der Waals surface area contributed by atoms with Crippen molar-refractivity contribution in [3.05, 3.63) is 29.8 Å². The summed E-state index contributed by atoms with van der Waals surface area (Å²) in [6, 6.07) is 2.97. The number of likely N-dealkylation sites (N-methyl/N-ethyl adjacent to an activating group) is 1. The van der Waals surface area contributed by atoms with Gasteiger partial charge in [-0.1, -0.05) is 6.92 Å². The summed E-state index contributed by atoms with van der Waals surface area (Å²) in [6.45, 7) is 5.11. The van der Waals surface area contributed by atoms with Crippen LogP contribution in [0.3, 0.4) is 0 Å². The van der Waals surface area contributed by atoms with Gasteiger partial charge in [0.1, 0.15) is 11.6 Å². The van der Waals surface area contributed by atoms with Crippen LogP contribution < -0.4 is 10.6 Å². The first kappa shape index (κ1) is 18.8. The largest absolute Gasteiger partial charge is 0.325 e. The van der Waals surface area contributed by atoms with Crippen LogP contribution in [0.25, 0.3) is 0 Å². The van der Waals surface area contributed by atoms with Gasteiger partial charge in [-0.25, -0.2) is 8.78 Å². The van der Waals surface area contributed by atoms with Crippen LogP contribution in [0.4, 0.5) is 14.5 Å². The highest BCUT2D eigenvalue weighted by molar-refractivity contribution is 5.92. The van der Waals surface area contributed by atoms with Crippen molar-refractivity contribution < 1.29 is 13.6 Å². The number of carbonyl (C=O) groups is 1. The van der Waals surface area contributed by atoms with Gasteiger partial charge >= 0.3 is 0 Å². The fraction of sp³-hybridized carbons (Fsp3) is 0.533. The summed E-state index contributed by atoms with van der Waals surface area (Å²) >= 11 is 0. The third-order valence-corrected chi connectivity index (χ3v) is 3.67. The van der Waals surface area contributed by atoms with Gasteiger partial charge in [-0.3, -0.25) is 9.69 Å². The van der Waals surface area contributed by atoms with E-state index in [0.717, 1.165) is 44.3 Å². The molecule has 1 aromatic rings. The molecule has 0 aromatic heterocycles. The molecule has 4 nitrogen and oxygen atoms in total. The number of hydrogen-bond donors (Lipinski definition) is 2. The molecule has 1 aromatic carbocycles. The number of benzene rings is 1. The van der Waals surface area contributed by atoms with Crippen molar-refractivity contribution in [2.75, 3.05) is 38.5 Å². The lowest BCUT2D eigenvalue weighted by Gasteiger charge is -2.28. The van der Waals surface area contributed by atoms with Crippen LogP contribution >= 0.6 is 12.4 Å². The molecule has 1 aliphatic heterocycles. The normalized spacial score (nSPS) is 20.8. The highest BCUT2D eigenvalue weighted by Crippen LogP contribution is 2.25. The molecule has 124 valence electrons. The predicted molar refractivity (Wildman–Crippen MR) is 85.3 cm³/mol. The number of rotatable bonds is 5. The van der Waals surface area contributed by atoms with Crippen molar-refractivity contribution in [1.29, 1.82) is 0 Å². The van der Waals surface area contributed by atoms with E-state index >= 15 is 0 Å². The van der Waals surface area contributed by atoms with Gasteiger partial charge in [-0.05, 0) is 37.6 Å². The minimum atomic E-state index is -0.705. The average Bonchev–Trinajstić information content (AvgIpc) is 2.73. The molecule has 1 aliphatic rings. The zero-order valence-electron chi connectivity index (χ0n) is 12.8. The van der Waals surface area contributed by atoms with Crippen LogP contribution in [0.15, 0.2) is 18.2 Å². The minimum Gasteiger partial charge on any atom is -0.325 e. The Morgan fingerprint density at radius 3 is 2.55 bits per heavy atom. The molecule has 2 rings (SSSR count). The Labute approximate surface area is 135 Å². The Morgan fingerprint density at radius 1 is 1.36 bits per heavy atom. The molecule has 0 bridgehead atoms. The lowest BCUT2D eigenvalue weighted by molar-refractivity contribution is -0.117. The predicted octanol–water partition coefficient (Wildman–Crippen LogP) is 2.26. The van der Waals surface area contributed by atoms with Crippen LogP contribution in [0.5, 0.6) is 0 Å². The Kier molecular flexibility index (Phi) is 6.71. The maximum Gasteiger partial charge on any atom is 0.238 e. The maximum absolute atomic E-state index is 13.1. The quantitative estimate of drug-likeness (QED) is 0.868. The molecule has 7 heteroatoms. The number of nitrogens with zero attached hydrogens (tertiary/aromatic N) is 1. The van der Waals surface area contributed by atoms with Gasteiger partial charge in [-0.15, -0.1) is 12.4 Å². The van der Waals surface area contributed by atoms with Crippen LogP contribution in [-0.2, 0) is 4.79 Å². The standard InChI is InChI=1S/C15H21F2N3O.ClH/c1-15(3-4-18-9-15)10-20(2)8-14(21)19-13-6-11(16)5-12(17)7-13;/h5-7,18H,3-4,8-10H2,1-2H3,(H,19,21);1H. The van der Waals surface area contributed by atoms with E-state index in [1.54, 1.807) is 0 Å². The van der Waals surface area contributed by atoms with Crippen LogP contribution in [0.2, 0.25) is 0 Å². The molecule has 0 radical (unpaired) electrons. The summed E-state index contributed by atoms with van der Waals surface area (Å²) in [4.78, 5) is 13.8. The highest BCUT2D eigenvalue weighted by Gasteiger charge is 2.30. The van der Waals surface area contributed by atoms with Crippen molar-refractivity contribution in [2.45, 2.75) is 13.3 Å². The van der Waals surface area contributed by atoms with Crippen LogP contribution in [-0.4, -0.2) is 44.0 Å². The van der Waals surface area contributed by atoms with E-state index in [0.29, 0.717) is 0 Å². The van der Waals surface area contributed by atoms with E-state index < -0.39 is 11.6 Å². The van der Waals surface area contributed by atoms with Gasteiger partial charge < -0.3 is 10.6 Å². The van der Waals surface area contributed by atoms with Gasteiger partial charge in [0.25, 0.3) is 0 Å². The molecule has 0 saturated carbocycles. The van der Waals surface area contributed by atoms with Crippen molar-refractivity contribution in [3.63, 3.8) is 0 Å². The molecular formula is C15H22ClF2N3O. The van der Waals surface area contributed by atoms with E-state index in [4.69, 9.17) is 0 Å². The fourth-order valence-corrected chi connectivity index (χ4v) is 2.78. The van der Waals surface area contributed by atoms with Gasteiger partial charge in [-0.2, -0.15) is 0 Å². The van der Waals surface area contributed by atoms with Gasteiger partial charge in [0.15, 0.2) is 0 Å². The lowest BCUT2D eigenvalue weighted by atomic mass is 9.89. The summed E-state index contributed by atoms with van der Waals surface area (Å²) in [7, 11) is 1.87. The monoisotopic (exact) mass is 333 g/mol. The third-order valence-electron chi connectivity index (χ3n) is 3.67. The number of hydrogen-bond acceptors (Lipinski definition) is 3. The van der Waals surface area contributed by atoms with Gasteiger partial charge in [0.05, 0.1) is 6.54 Å². The van der Waals surface area contributed by atoms with Gasteiger partial charge in [0, 0.05) is 24.8 Å². The van der Waals surface area contributed by atoms with E-state index in [9.17, 15) is 13.6 Å². The highest BCUT2D eigenvalue weighted by atomic mass is 35.5. The van der Waals surface area contributed by atoms with Crippen molar-refractivity contribution in [2.24, 2.45) is 5.41 Å². The number of carbonyl (C=O) groups excluding carboxylic acids is 1. The van der Waals surface area contributed by atoms with E-state index in [2.05, 4.69) is 17.6 Å². The number of halogens is 3. The maximum atomic E-state index is 13.1. The van der Waals surface area contributed by atoms with Gasteiger partial charge in [0.2, 0.25) is 5.91 Å². The number of nitrogens with one attached hydrogen (secondary N) is 2. The molecule has 1 fully saturated rings. The second-order valence-electron chi connectivity index (χ2n) is 6.12. The first-order valence-corrected chi connectivity index (χ1v) is 7.02. The summed E-state index contributed by atoms with van der Waals surface area (Å²) < 4.78 is 26.1. The fourth-order valence-electron chi connectivity index (χ4n) is 2.78. The molecule has 2 N–H and O–H groups in total. The third kappa shape index (κ3) is 5.51. The zero-order chi connectivity index (χ0) is 15.5. The second kappa shape index (κ2) is 7.85. The Balaban J connectivity index is 0.00000242. The topological polar surface area (TPSA) is 44.4 Å². The molecule has 1 saturated heterocycles. The number of anilines is 1. The summed E-state index contributed by atoms with van der Waals surface area (Å²) in [5.41, 5.74) is 0.305. The Bertz CT molecular complexity index is 501. The smallest absolute Gasteiger partial charge is 0.238 e. The molecule has 1 heterocycles. The van der Waals surface area contributed by atoms with Crippen molar-refractivity contribution in [3.8, 4) is 0 Å². The molecular weight excluding hydrogens is 312 g/mol. The molecule has 1 amide bonds. The molecule has 0 spiro atoms. The average molecular weight is 334 g/mol.